The van der Waals surface area contributed by atoms with E-state index in [2.05, 4.69) is 10.2 Å². The highest BCUT2D eigenvalue weighted by Crippen LogP contribution is 2.30. The molecule has 0 fully saturated rings. The van der Waals surface area contributed by atoms with Crippen LogP contribution in [0.1, 0.15) is 32.6 Å². The number of amides is 1. The van der Waals surface area contributed by atoms with Gasteiger partial charge in [-0.2, -0.15) is 10.2 Å². The van der Waals surface area contributed by atoms with Crippen LogP contribution in [0.5, 0.6) is 0 Å². The van der Waals surface area contributed by atoms with Crippen molar-refractivity contribution in [1.82, 2.24) is 0 Å². The molecule has 0 heterocycles. The van der Waals surface area contributed by atoms with Crippen LogP contribution in [0, 0.1) is 0 Å². The normalized spacial score (nSPS) is 11.3. The van der Waals surface area contributed by atoms with Crippen LogP contribution in [0.3, 0.4) is 0 Å². The Morgan fingerprint density at radius 2 is 1.50 bits per heavy atom. The van der Waals surface area contributed by atoms with Gasteiger partial charge in [-0.3, -0.25) is 4.79 Å². The summed E-state index contributed by atoms with van der Waals surface area (Å²) in [6.07, 6.45) is 3.78. The summed E-state index contributed by atoms with van der Waals surface area (Å²) in [7, 11) is 0. The molecule has 6 heteroatoms. The molecule has 6 N–H and O–H groups in total. The number of hydrazone groups is 2. The van der Waals surface area contributed by atoms with E-state index in [4.69, 9.17) is 17.4 Å². The summed E-state index contributed by atoms with van der Waals surface area (Å²) in [5.74, 6) is 10.1. The Balaban J connectivity index is 2.12. The van der Waals surface area contributed by atoms with Crippen molar-refractivity contribution in [3.63, 3.8) is 0 Å². The summed E-state index contributed by atoms with van der Waals surface area (Å²) >= 11 is 0. The molecule has 0 spiro atoms. The second kappa shape index (κ2) is 8.64. The second-order valence-electron chi connectivity index (χ2n) is 6.31. The van der Waals surface area contributed by atoms with Gasteiger partial charge in [-0.05, 0) is 58.0 Å². The van der Waals surface area contributed by atoms with E-state index in [0.717, 1.165) is 33.4 Å². The molecule has 140 valence electrons. The lowest BCUT2D eigenvalue weighted by molar-refractivity contribution is 0.100. The Hall–Kier alpha value is -3.93. The Morgan fingerprint density at radius 1 is 0.857 bits per heavy atom. The Labute approximate surface area is 163 Å². The van der Waals surface area contributed by atoms with Crippen LogP contribution < -0.4 is 17.4 Å². The molecule has 0 saturated carbocycles. The third-order valence-corrected chi connectivity index (χ3v) is 4.38. The van der Waals surface area contributed by atoms with Crippen molar-refractivity contribution in [1.29, 1.82) is 0 Å². The first-order chi connectivity index (χ1) is 13.6. The van der Waals surface area contributed by atoms with Gasteiger partial charge in [0.2, 0.25) is 5.91 Å². The molecule has 1 amide bonds. The molecule has 3 rings (SSSR count). The van der Waals surface area contributed by atoms with Gasteiger partial charge in [-0.25, -0.2) is 0 Å². The fourth-order valence-corrected chi connectivity index (χ4v) is 3.24. The molecule has 0 aliphatic heterocycles. The third-order valence-electron chi connectivity index (χ3n) is 4.38. The molecule has 3 aromatic rings. The number of hydrogen-bond donors (Lipinski definition) is 3. The number of benzene rings is 3. The van der Waals surface area contributed by atoms with E-state index < -0.39 is 5.91 Å². The third kappa shape index (κ3) is 4.24. The molecular formula is C22H21N5O. The SMILES string of the molecule is NN=Cc1cccc(Cc2cccc(C(N)=O)c2-c2cccc(C=NN)c2)c1. The van der Waals surface area contributed by atoms with Crippen LogP contribution in [-0.4, -0.2) is 18.3 Å². The predicted octanol–water partition coefficient (Wildman–Crippen LogP) is 2.63. The van der Waals surface area contributed by atoms with Crippen molar-refractivity contribution in [2.24, 2.45) is 27.6 Å². The van der Waals surface area contributed by atoms with Gasteiger partial charge in [0, 0.05) is 5.56 Å². The predicted molar refractivity (Wildman–Crippen MR) is 113 cm³/mol. The first-order valence-electron chi connectivity index (χ1n) is 8.70. The topological polar surface area (TPSA) is 120 Å². The molecule has 6 nitrogen and oxygen atoms in total. The van der Waals surface area contributed by atoms with Gasteiger partial charge in [0.25, 0.3) is 0 Å². The lowest BCUT2D eigenvalue weighted by Gasteiger charge is -2.14. The van der Waals surface area contributed by atoms with Crippen LogP contribution in [0.25, 0.3) is 11.1 Å². The van der Waals surface area contributed by atoms with E-state index in [1.54, 1.807) is 18.5 Å². The van der Waals surface area contributed by atoms with Crippen LogP contribution in [0.2, 0.25) is 0 Å². The van der Waals surface area contributed by atoms with Gasteiger partial charge in [-0.1, -0.05) is 48.5 Å². The number of primary amides is 1. The van der Waals surface area contributed by atoms with Crippen molar-refractivity contribution in [3.8, 4) is 11.1 Å². The highest BCUT2D eigenvalue weighted by Gasteiger charge is 2.15. The van der Waals surface area contributed by atoms with E-state index in [9.17, 15) is 4.79 Å². The summed E-state index contributed by atoms with van der Waals surface area (Å²) in [6.45, 7) is 0. The van der Waals surface area contributed by atoms with E-state index in [1.807, 2.05) is 60.7 Å². The average molecular weight is 371 g/mol. The highest BCUT2D eigenvalue weighted by atomic mass is 16.1. The number of hydrogen-bond acceptors (Lipinski definition) is 5. The second-order valence-corrected chi connectivity index (χ2v) is 6.31. The van der Waals surface area contributed by atoms with E-state index in [-0.39, 0.29) is 0 Å². The quantitative estimate of drug-likeness (QED) is 0.351. The maximum absolute atomic E-state index is 12.1. The van der Waals surface area contributed by atoms with Gasteiger partial charge in [0.1, 0.15) is 0 Å². The summed E-state index contributed by atoms with van der Waals surface area (Å²) in [6, 6.07) is 21.1. The number of rotatable bonds is 6. The minimum Gasteiger partial charge on any atom is -0.366 e. The van der Waals surface area contributed by atoms with Crippen LogP contribution in [-0.2, 0) is 6.42 Å². The molecule has 0 aliphatic rings. The zero-order valence-corrected chi connectivity index (χ0v) is 15.2. The maximum Gasteiger partial charge on any atom is 0.249 e. The van der Waals surface area contributed by atoms with E-state index in [1.165, 1.54) is 0 Å². The lowest BCUT2D eigenvalue weighted by atomic mass is 9.89. The molecule has 0 saturated heterocycles. The first-order valence-corrected chi connectivity index (χ1v) is 8.70. The Kier molecular flexibility index (Phi) is 5.81. The summed E-state index contributed by atoms with van der Waals surface area (Å²) in [4.78, 5) is 12.1. The zero-order valence-electron chi connectivity index (χ0n) is 15.2. The van der Waals surface area contributed by atoms with E-state index >= 15 is 0 Å². The van der Waals surface area contributed by atoms with Crippen molar-refractivity contribution < 1.29 is 4.79 Å². The number of carbonyl (C=O) groups is 1. The molecule has 0 radical (unpaired) electrons. The summed E-state index contributed by atoms with van der Waals surface area (Å²) < 4.78 is 0. The molecule has 3 aromatic carbocycles. The van der Waals surface area contributed by atoms with Crippen LogP contribution >= 0.6 is 0 Å². The Morgan fingerprint density at radius 3 is 2.18 bits per heavy atom. The summed E-state index contributed by atoms with van der Waals surface area (Å²) in [5.41, 5.74) is 11.6. The number of nitrogens with two attached hydrogens (primary N) is 3. The van der Waals surface area contributed by atoms with Crippen LogP contribution in [0.4, 0.5) is 0 Å². The van der Waals surface area contributed by atoms with Gasteiger partial charge in [0.15, 0.2) is 0 Å². The minimum atomic E-state index is -0.473. The molecular weight excluding hydrogens is 350 g/mol. The number of nitrogens with zero attached hydrogens (tertiary/aromatic N) is 2. The standard InChI is InChI=1S/C22H21N5O/c23-22(28)20-9-3-8-18(11-15-4-1-5-16(10-15)13-26-24)21(20)19-7-2-6-17(12-19)14-27-25/h1-10,12-14H,11,24-25H2,(H2,23,28). The molecule has 0 aliphatic carbocycles. The highest BCUT2D eigenvalue weighted by molar-refractivity contribution is 6.01. The summed E-state index contributed by atoms with van der Waals surface area (Å²) in [5, 5.41) is 7.15. The minimum absolute atomic E-state index is 0.471. The van der Waals surface area contributed by atoms with Gasteiger partial charge in [0.05, 0.1) is 12.4 Å². The zero-order chi connectivity index (χ0) is 19.9. The van der Waals surface area contributed by atoms with Crippen molar-refractivity contribution in [2.45, 2.75) is 6.42 Å². The largest absolute Gasteiger partial charge is 0.366 e. The van der Waals surface area contributed by atoms with Crippen LogP contribution in [0.15, 0.2) is 76.9 Å². The fourth-order valence-electron chi connectivity index (χ4n) is 3.24. The maximum atomic E-state index is 12.1. The molecule has 0 atom stereocenters. The first kappa shape index (κ1) is 18.8. The Bertz CT molecular complexity index is 1060. The lowest BCUT2D eigenvalue weighted by Crippen LogP contribution is -2.13. The van der Waals surface area contributed by atoms with Crippen molar-refractivity contribution >= 4 is 18.3 Å². The molecule has 28 heavy (non-hydrogen) atoms. The number of carbonyl (C=O) groups excluding carboxylic acids is 1. The average Bonchev–Trinajstić information content (AvgIpc) is 2.69. The van der Waals surface area contributed by atoms with Gasteiger partial charge in [-0.15, -0.1) is 0 Å². The van der Waals surface area contributed by atoms with Crippen molar-refractivity contribution in [2.75, 3.05) is 0 Å². The van der Waals surface area contributed by atoms with E-state index in [0.29, 0.717) is 12.0 Å². The van der Waals surface area contributed by atoms with Gasteiger partial charge >= 0.3 is 0 Å². The smallest absolute Gasteiger partial charge is 0.249 e. The van der Waals surface area contributed by atoms with Crippen molar-refractivity contribution in [3.05, 3.63) is 94.5 Å². The molecule has 0 aromatic heterocycles. The molecule has 0 unspecified atom stereocenters. The monoisotopic (exact) mass is 371 g/mol. The van der Waals surface area contributed by atoms with Gasteiger partial charge < -0.3 is 17.4 Å². The fraction of sp³-hybridized carbons (Fsp3) is 0.0455. The molecule has 0 bridgehead atoms.